The lowest BCUT2D eigenvalue weighted by atomic mass is 9.90. The Bertz CT molecular complexity index is 833. The fraction of sp³-hybridized carbons (Fsp3) is 0.333. The molecule has 1 aromatic heterocycles. The van der Waals surface area contributed by atoms with E-state index in [0.717, 1.165) is 46.5 Å². The van der Waals surface area contributed by atoms with E-state index in [4.69, 9.17) is 4.74 Å². The zero-order chi connectivity index (χ0) is 16.0. The highest BCUT2D eigenvalue weighted by Crippen LogP contribution is 2.35. The molecule has 0 bridgehead atoms. The summed E-state index contributed by atoms with van der Waals surface area (Å²) in [6.07, 6.45) is 4.87. The summed E-state index contributed by atoms with van der Waals surface area (Å²) in [6.45, 7) is 4.01. The predicted molar refractivity (Wildman–Crippen MR) is 88.0 cm³/mol. The molecule has 4 rings (SSSR count). The predicted octanol–water partition coefficient (Wildman–Crippen LogP) is 2.44. The van der Waals surface area contributed by atoms with E-state index in [1.807, 2.05) is 24.0 Å². The lowest BCUT2D eigenvalue weighted by Gasteiger charge is -2.16. The van der Waals surface area contributed by atoms with Crippen LogP contribution in [0.4, 0.5) is 0 Å². The van der Waals surface area contributed by atoms with Gasteiger partial charge in [-0.25, -0.2) is 0 Å². The maximum atomic E-state index is 12.2. The van der Waals surface area contributed by atoms with Gasteiger partial charge >= 0.3 is 0 Å². The van der Waals surface area contributed by atoms with Crippen LogP contribution in [0.2, 0.25) is 0 Å². The van der Waals surface area contributed by atoms with Gasteiger partial charge in [-0.1, -0.05) is 6.08 Å². The number of rotatable bonds is 2. The Labute approximate surface area is 135 Å². The van der Waals surface area contributed by atoms with Crippen molar-refractivity contribution in [3.8, 4) is 11.1 Å². The molecule has 2 aromatic rings. The van der Waals surface area contributed by atoms with Gasteiger partial charge in [0.15, 0.2) is 0 Å². The van der Waals surface area contributed by atoms with Gasteiger partial charge in [0.25, 0.3) is 5.91 Å². The third kappa shape index (κ3) is 2.28. The van der Waals surface area contributed by atoms with Crippen molar-refractivity contribution in [1.82, 2.24) is 15.1 Å². The summed E-state index contributed by atoms with van der Waals surface area (Å²) in [5.41, 5.74) is 7.52. The molecule has 23 heavy (non-hydrogen) atoms. The van der Waals surface area contributed by atoms with E-state index in [1.165, 1.54) is 5.57 Å². The van der Waals surface area contributed by atoms with Crippen molar-refractivity contribution >= 4 is 11.5 Å². The maximum Gasteiger partial charge on any atom is 0.251 e. The molecule has 0 radical (unpaired) electrons. The number of carbonyl (C=O) groups excluding carboxylic acids is 1. The fourth-order valence-corrected chi connectivity index (χ4v) is 3.31. The first kappa shape index (κ1) is 14.2. The van der Waals surface area contributed by atoms with Crippen molar-refractivity contribution in [1.29, 1.82) is 0 Å². The highest BCUT2D eigenvalue weighted by atomic mass is 16.5. The van der Waals surface area contributed by atoms with E-state index in [-0.39, 0.29) is 5.91 Å². The molecule has 0 unspecified atom stereocenters. The van der Waals surface area contributed by atoms with Crippen molar-refractivity contribution in [2.45, 2.75) is 19.9 Å². The molecule has 1 N–H and O–H groups in total. The van der Waals surface area contributed by atoms with Gasteiger partial charge in [-0.05, 0) is 47.7 Å². The summed E-state index contributed by atoms with van der Waals surface area (Å²) in [4.78, 5) is 12.2. The number of hydrogen-bond acceptors (Lipinski definition) is 3. The highest BCUT2D eigenvalue weighted by Gasteiger charge is 2.25. The molecule has 2 aliphatic rings. The van der Waals surface area contributed by atoms with Gasteiger partial charge in [0, 0.05) is 30.4 Å². The summed E-state index contributed by atoms with van der Waals surface area (Å²) in [7, 11) is 1.94. The molecule has 5 nitrogen and oxygen atoms in total. The number of benzene rings is 1. The first-order valence-corrected chi connectivity index (χ1v) is 7.86. The summed E-state index contributed by atoms with van der Waals surface area (Å²) >= 11 is 0. The van der Waals surface area contributed by atoms with Crippen LogP contribution in [0.25, 0.3) is 16.7 Å². The third-order valence-electron chi connectivity index (χ3n) is 4.78. The maximum absolute atomic E-state index is 12.2. The summed E-state index contributed by atoms with van der Waals surface area (Å²) in [5.74, 6) is 0.0114. The van der Waals surface area contributed by atoms with Crippen molar-refractivity contribution in [3.05, 3.63) is 46.8 Å². The molecular formula is C18H19N3O2. The van der Waals surface area contributed by atoms with Crippen molar-refractivity contribution in [2.24, 2.45) is 7.05 Å². The van der Waals surface area contributed by atoms with Crippen LogP contribution in [0.15, 0.2) is 24.4 Å². The minimum atomic E-state index is 0.0114. The normalized spacial score (nSPS) is 17.0. The summed E-state index contributed by atoms with van der Waals surface area (Å²) in [5, 5.41) is 7.30. The molecule has 2 aliphatic heterocycles. The highest BCUT2D eigenvalue weighted by molar-refractivity contribution is 6.01. The lowest BCUT2D eigenvalue weighted by molar-refractivity contribution is 0.0965. The van der Waals surface area contributed by atoms with E-state index in [2.05, 4.69) is 29.5 Å². The molecule has 1 aromatic carbocycles. The number of aromatic nitrogens is 2. The molecule has 5 heteroatoms. The van der Waals surface area contributed by atoms with Crippen molar-refractivity contribution in [3.63, 3.8) is 0 Å². The van der Waals surface area contributed by atoms with Crippen LogP contribution in [-0.2, 0) is 18.3 Å². The molecule has 0 saturated heterocycles. The van der Waals surface area contributed by atoms with Gasteiger partial charge in [-0.3, -0.25) is 9.48 Å². The van der Waals surface area contributed by atoms with Crippen LogP contribution in [0.5, 0.6) is 0 Å². The van der Waals surface area contributed by atoms with E-state index >= 15 is 0 Å². The van der Waals surface area contributed by atoms with Gasteiger partial charge in [-0.2, -0.15) is 5.10 Å². The first-order chi connectivity index (χ1) is 11.1. The van der Waals surface area contributed by atoms with E-state index in [0.29, 0.717) is 13.2 Å². The number of nitrogens with one attached hydrogen (secondary N) is 1. The average Bonchev–Trinajstić information content (AvgIpc) is 3.11. The minimum absolute atomic E-state index is 0.0114. The summed E-state index contributed by atoms with van der Waals surface area (Å²) < 4.78 is 7.27. The monoisotopic (exact) mass is 309 g/mol. The molecule has 1 amide bonds. The first-order valence-electron chi connectivity index (χ1n) is 7.86. The van der Waals surface area contributed by atoms with E-state index in [9.17, 15) is 4.79 Å². The quantitative estimate of drug-likeness (QED) is 0.927. The Morgan fingerprint density at radius 3 is 2.78 bits per heavy atom. The van der Waals surface area contributed by atoms with Crippen molar-refractivity contribution < 1.29 is 9.53 Å². The van der Waals surface area contributed by atoms with Crippen LogP contribution in [0.1, 0.15) is 33.6 Å². The Kier molecular flexibility index (Phi) is 3.31. The summed E-state index contributed by atoms with van der Waals surface area (Å²) in [6, 6.07) is 4.21. The third-order valence-corrected chi connectivity index (χ3v) is 4.78. The molecular weight excluding hydrogens is 290 g/mol. The van der Waals surface area contributed by atoms with E-state index in [1.54, 1.807) is 0 Å². The number of ether oxygens (including phenoxy) is 1. The van der Waals surface area contributed by atoms with Gasteiger partial charge in [0.1, 0.15) is 0 Å². The average molecular weight is 309 g/mol. The zero-order valence-electron chi connectivity index (χ0n) is 13.3. The number of nitrogens with zero attached hydrogens (tertiary/aromatic N) is 2. The fourth-order valence-electron chi connectivity index (χ4n) is 3.31. The standard InChI is InChI=1S/C18H19N3O2/c1-11-16(10-20-21(11)2)14-7-13(12-3-5-23-6-4-12)8-15-17(14)9-19-18(15)22/h3,7-8,10H,4-6,9H2,1-2H3,(H,19,22). The Balaban J connectivity index is 1.93. The van der Waals surface area contributed by atoms with Gasteiger partial charge in [0.05, 0.1) is 19.4 Å². The van der Waals surface area contributed by atoms with Crippen molar-refractivity contribution in [2.75, 3.05) is 13.2 Å². The molecule has 0 saturated carbocycles. The minimum Gasteiger partial charge on any atom is -0.377 e. The molecule has 3 heterocycles. The Hall–Kier alpha value is -2.40. The van der Waals surface area contributed by atoms with Gasteiger partial charge < -0.3 is 10.1 Å². The lowest BCUT2D eigenvalue weighted by Crippen LogP contribution is -2.12. The SMILES string of the molecule is Cc1c(-c2cc(C3=CCOCC3)cc3c2CNC3=O)cnn1C. The zero-order valence-corrected chi connectivity index (χ0v) is 13.3. The van der Waals surface area contributed by atoms with Crippen LogP contribution in [0.3, 0.4) is 0 Å². The molecule has 0 atom stereocenters. The number of fused-ring (bicyclic) bond motifs is 1. The van der Waals surface area contributed by atoms with Gasteiger partial charge in [-0.15, -0.1) is 0 Å². The molecule has 0 spiro atoms. The van der Waals surface area contributed by atoms with Crippen LogP contribution in [0, 0.1) is 6.92 Å². The molecule has 118 valence electrons. The molecule has 0 aliphatic carbocycles. The second kappa shape index (κ2) is 5.35. The van der Waals surface area contributed by atoms with Gasteiger partial charge in [0.2, 0.25) is 0 Å². The second-order valence-corrected chi connectivity index (χ2v) is 6.05. The Morgan fingerprint density at radius 2 is 2.09 bits per heavy atom. The number of aryl methyl sites for hydroxylation is 1. The second-order valence-electron chi connectivity index (χ2n) is 6.05. The Morgan fingerprint density at radius 1 is 1.26 bits per heavy atom. The van der Waals surface area contributed by atoms with Crippen LogP contribution in [-0.4, -0.2) is 28.9 Å². The number of carbonyl (C=O) groups is 1. The number of hydrogen-bond donors (Lipinski definition) is 1. The number of amides is 1. The topological polar surface area (TPSA) is 56.1 Å². The van der Waals surface area contributed by atoms with Crippen LogP contribution < -0.4 is 5.32 Å². The van der Waals surface area contributed by atoms with Crippen LogP contribution >= 0.6 is 0 Å². The smallest absolute Gasteiger partial charge is 0.251 e. The molecule has 0 fully saturated rings. The van der Waals surface area contributed by atoms with E-state index < -0.39 is 0 Å². The largest absolute Gasteiger partial charge is 0.377 e.